The molecule has 21 heavy (non-hydrogen) atoms. The summed E-state index contributed by atoms with van der Waals surface area (Å²) in [7, 11) is 1.10. The number of alkyl halides is 3. The van der Waals surface area contributed by atoms with Crippen molar-refractivity contribution < 1.29 is 22.7 Å². The van der Waals surface area contributed by atoms with Crippen LogP contribution in [0.15, 0.2) is 12.3 Å². The van der Waals surface area contributed by atoms with Gasteiger partial charge in [-0.15, -0.1) is 0 Å². The first kappa shape index (κ1) is 13.6. The van der Waals surface area contributed by atoms with Crippen molar-refractivity contribution in [1.82, 2.24) is 15.2 Å². The second-order valence-corrected chi connectivity index (χ2v) is 4.64. The lowest BCUT2D eigenvalue weighted by Gasteiger charge is -2.20. The van der Waals surface area contributed by atoms with E-state index in [-0.39, 0.29) is 17.0 Å². The highest BCUT2D eigenvalue weighted by atomic mass is 19.4. The van der Waals surface area contributed by atoms with E-state index < -0.39 is 17.7 Å². The molecule has 5 nitrogen and oxygen atoms in total. The summed E-state index contributed by atoms with van der Waals surface area (Å²) in [5, 5.41) is 6.37. The second-order valence-electron chi connectivity index (χ2n) is 4.64. The predicted molar refractivity (Wildman–Crippen MR) is 65.6 cm³/mol. The number of esters is 1. The van der Waals surface area contributed by atoms with Crippen LogP contribution in [-0.2, 0) is 23.8 Å². The van der Waals surface area contributed by atoms with E-state index in [0.717, 1.165) is 13.2 Å². The molecular formula is C13H10F3N3O2. The van der Waals surface area contributed by atoms with Gasteiger partial charge in [0.2, 0.25) is 0 Å². The Morgan fingerprint density at radius 3 is 2.81 bits per heavy atom. The molecule has 0 atom stereocenters. The number of carbonyl (C=O) groups is 1. The molecule has 0 bridgehead atoms. The Kier molecular flexibility index (Phi) is 2.96. The summed E-state index contributed by atoms with van der Waals surface area (Å²) < 4.78 is 44.4. The number of nitrogens with one attached hydrogen (secondary N) is 1. The number of aromatic amines is 1. The average molecular weight is 297 g/mol. The van der Waals surface area contributed by atoms with E-state index >= 15 is 0 Å². The van der Waals surface area contributed by atoms with Crippen LogP contribution in [0, 0.1) is 0 Å². The minimum absolute atomic E-state index is 0.0334. The largest absolute Gasteiger partial charge is 0.464 e. The molecule has 0 saturated carbocycles. The molecule has 2 aromatic heterocycles. The number of rotatable bonds is 1. The third kappa shape index (κ3) is 2.16. The minimum atomic E-state index is -4.60. The highest BCUT2D eigenvalue weighted by Gasteiger charge is 2.38. The SMILES string of the molecule is COC(=O)c1cc(C(F)(F)F)c2c(n1)CCc1cn[nH]c1-2. The Bertz CT molecular complexity index is 722. The van der Waals surface area contributed by atoms with Crippen molar-refractivity contribution in [2.24, 2.45) is 0 Å². The monoisotopic (exact) mass is 297 g/mol. The molecule has 1 N–H and O–H groups in total. The maximum Gasteiger partial charge on any atom is 0.417 e. The molecule has 3 rings (SSSR count). The van der Waals surface area contributed by atoms with Crippen molar-refractivity contribution in [3.63, 3.8) is 0 Å². The highest BCUT2D eigenvalue weighted by Crippen LogP contribution is 2.41. The number of H-pyrrole nitrogens is 1. The van der Waals surface area contributed by atoms with Crippen LogP contribution in [0.5, 0.6) is 0 Å². The number of aryl methyl sites for hydroxylation is 2. The van der Waals surface area contributed by atoms with Crippen LogP contribution in [-0.4, -0.2) is 28.3 Å². The summed E-state index contributed by atoms with van der Waals surface area (Å²) in [6, 6.07) is 0.723. The van der Waals surface area contributed by atoms with Gasteiger partial charge < -0.3 is 4.74 Å². The number of halogens is 3. The molecule has 1 aliphatic carbocycles. The number of hydrogen-bond acceptors (Lipinski definition) is 4. The van der Waals surface area contributed by atoms with Crippen LogP contribution in [0.4, 0.5) is 13.2 Å². The quantitative estimate of drug-likeness (QED) is 0.821. The lowest BCUT2D eigenvalue weighted by Crippen LogP contribution is -2.18. The molecule has 0 aromatic carbocycles. The Morgan fingerprint density at radius 2 is 2.14 bits per heavy atom. The van der Waals surface area contributed by atoms with Crippen molar-refractivity contribution in [1.29, 1.82) is 0 Å². The number of hydrogen-bond donors (Lipinski definition) is 1. The fraction of sp³-hybridized carbons (Fsp3) is 0.308. The minimum Gasteiger partial charge on any atom is -0.464 e. The summed E-state index contributed by atoms with van der Waals surface area (Å²) in [4.78, 5) is 15.5. The van der Waals surface area contributed by atoms with Gasteiger partial charge in [-0.3, -0.25) is 5.10 Å². The molecule has 0 saturated heterocycles. The van der Waals surface area contributed by atoms with E-state index in [2.05, 4.69) is 19.9 Å². The third-order valence-corrected chi connectivity index (χ3v) is 3.39. The van der Waals surface area contributed by atoms with Gasteiger partial charge in [0, 0.05) is 5.56 Å². The molecule has 2 aromatic rings. The zero-order valence-electron chi connectivity index (χ0n) is 10.9. The molecule has 2 heterocycles. The average Bonchev–Trinajstić information content (AvgIpc) is 2.92. The number of aromatic nitrogens is 3. The molecule has 8 heteroatoms. The Hall–Kier alpha value is -2.38. The number of pyridine rings is 1. The van der Waals surface area contributed by atoms with Gasteiger partial charge in [-0.05, 0) is 24.5 Å². The smallest absolute Gasteiger partial charge is 0.417 e. The standard InChI is InChI=1S/C13H10F3N3O2/c1-21-12(20)9-4-7(13(14,15)16)10-8(18-9)3-2-6-5-17-19-11(6)10/h4-5H,2-3H2,1H3,(H,17,19). The Balaban J connectivity index is 2.29. The number of ether oxygens (including phenoxy) is 1. The van der Waals surface area contributed by atoms with Gasteiger partial charge in [0.25, 0.3) is 0 Å². The van der Waals surface area contributed by atoms with Gasteiger partial charge in [-0.2, -0.15) is 18.3 Å². The van der Waals surface area contributed by atoms with Crippen LogP contribution in [0.1, 0.15) is 27.3 Å². The van der Waals surface area contributed by atoms with Crippen LogP contribution in [0.2, 0.25) is 0 Å². The van der Waals surface area contributed by atoms with Gasteiger partial charge in [-0.1, -0.05) is 0 Å². The van der Waals surface area contributed by atoms with Gasteiger partial charge >= 0.3 is 12.1 Å². The fourth-order valence-corrected chi connectivity index (χ4v) is 2.46. The number of fused-ring (bicyclic) bond motifs is 3. The molecular weight excluding hydrogens is 287 g/mol. The zero-order chi connectivity index (χ0) is 15.2. The Labute approximate surface area is 117 Å². The maximum atomic E-state index is 13.3. The maximum absolute atomic E-state index is 13.3. The van der Waals surface area contributed by atoms with Crippen LogP contribution in [0.3, 0.4) is 0 Å². The predicted octanol–water partition coefficient (Wildman–Crippen LogP) is 2.38. The van der Waals surface area contributed by atoms with Gasteiger partial charge in [0.1, 0.15) is 5.69 Å². The third-order valence-electron chi connectivity index (χ3n) is 3.39. The summed E-state index contributed by atoms with van der Waals surface area (Å²) in [5.74, 6) is -0.890. The van der Waals surface area contributed by atoms with E-state index in [1.54, 1.807) is 0 Å². The van der Waals surface area contributed by atoms with Crippen LogP contribution >= 0.6 is 0 Å². The van der Waals surface area contributed by atoms with Crippen LogP contribution in [0.25, 0.3) is 11.3 Å². The van der Waals surface area contributed by atoms with Crippen molar-refractivity contribution in [3.8, 4) is 11.3 Å². The molecule has 0 fully saturated rings. The highest BCUT2D eigenvalue weighted by molar-refractivity contribution is 5.89. The normalized spacial score (nSPS) is 13.5. The van der Waals surface area contributed by atoms with Gasteiger partial charge in [0.15, 0.2) is 0 Å². The van der Waals surface area contributed by atoms with Gasteiger partial charge in [-0.25, -0.2) is 9.78 Å². The fourth-order valence-electron chi connectivity index (χ4n) is 2.46. The summed E-state index contributed by atoms with van der Waals surface area (Å²) in [5.41, 5.74) is -0.0337. The second kappa shape index (κ2) is 4.57. The first-order chi connectivity index (χ1) is 9.91. The molecule has 0 amide bonds. The number of methoxy groups -OCH3 is 1. The number of carbonyl (C=O) groups excluding carboxylic acids is 1. The zero-order valence-corrected chi connectivity index (χ0v) is 10.9. The topological polar surface area (TPSA) is 67.9 Å². The molecule has 110 valence electrons. The molecule has 0 spiro atoms. The van der Waals surface area contributed by atoms with Gasteiger partial charge in [0.05, 0.1) is 30.3 Å². The van der Waals surface area contributed by atoms with Crippen molar-refractivity contribution in [2.45, 2.75) is 19.0 Å². The molecule has 0 aliphatic heterocycles. The summed E-state index contributed by atoms with van der Waals surface area (Å²) in [6.45, 7) is 0. The van der Waals surface area contributed by atoms with Crippen LogP contribution < -0.4 is 0 Å². The van der Waals surface area contributed by atoms with Crippen molar-refractivity contribution in [3.05, 3.63) is 34.8 Å². The number of nitrogens with zero attached hydrogens (tertiary/aromatic N) is 2. The lowest BCUT2D eigenvalue weighted by atomic mass is 9.90. The first-order valence-electron chi connectivity index (χ1n) is 6.14. The Morgan fingerprint density at radius 1 is 1.38 bits per heavy atom. The summed E-state index contributed by atoms with van der Waals surface area (Å²) >= 11 is 0. The molecule has 0 radical (unpaired) electrons. The van der Waals surface area contributed by atoms with Crippen molar-refractivity contribution in [2.75, 3.05) is 7.11 Å². The molecule has 0 unspecified atom stereocenters. The lowest BCUT2D eigenvalue weighted by molar-refractivity contribution is -0.137. The molecule has 1 aliphatic rings. The van der Waals surface area contributed by atoms with E-state index in [9.17, 15) is 18.0 Å². The first-order valence-corrected chi connectivity index (χ1v) is 6.14. The summed E-state index contributed by atoms with van der Waals surface area (Å²) in [6.07, 6.45) is -2.26. The van der Waals surface area contributed by atoms with E-state index in [1.807, 2.05) is 0 Å². The van der Waals surface area contributed by atoms with Crippen molar-refractivity contribution >= 4 is 5.97 Å². The van der Waals surface area contributed by atoms with E-state index in [4.69, 9.17) is 0 Å². The van der Waals surface area contributed by atoms with E-state index in [1.165, 1.54) is 6.20 Å². The van der Waals surface area contributed by atoms with E-state index in [0.29, 0.717) is 24.1 Å².